The molecule has 26 heavy (non-hydrogen) atoms. The molecule has 0 radical (unpaired) electrons. The number of primary amides is 1. The van der Waals surface area contributed by atoms with Crippen molar-refractivity contribution < 1.29 is 9.90 Å². The van der Waals surface area contributed by atoms with Crippen LogP contribution in [0.25, 0.3) is 0 Å². The number of carbonyl (C=O) groups excluding carboxylic acids is 1. The van der Waals surface area contributed by atoms with Gasteiger partial charge in [0.05, 0.1) is 0 Å². The molecular formula is C21H37N3O2. The van der Waals surface area contributed by atoms with Gasteiger partial charge in [0.25, 0.3) is 0 Å². The summed E-state index contributed by atoms with van der Waals surface area (Å²) in [5, 5.41) is 16.1. The van der Waals surface area contributed by atoms with E-state index in [9.17, 15) is 9.90 Å². The summed E-state index contributed by atoms with van der Waals surface area (Å²) in [6.07, 6.45) is 16.3. The Morgan fingerprint density at radius 3 is 2.54 bits per heavy atom. The second-order valence-electron chi connectivity index (χ2n) is 5.40. The number of carbonyl (C=O) groups is 1. The van der Waals surface area contributed by atoms with Gasteiger partial charge in [-0.25, -0.2) is 0 Å². The highest BCUT2D eigenvalue weighted by Crippen LogP contribution is 2.15. The Balaban J connectivity index is 0. The predicted octanol–water partition coefficient (Wildman–Crippen LogP) is 3.39. The fourth-order valence-electron chi connectivity index (χ4n) is 1.86. The Morgan fingerprint density at radius 2 is 1.96 bits per heavy atom. The Kier molecular flexibility index (Phi) is 19.3. The van der Waals surface area contributed by atoms with Crippen molar-refractivity contribution >= 4 is 5.91 Å². The number of aliphatic hydroxyl groups is 1. The van der Waals surface area contributed by atoms with Crippen LogP contribution in [0.3, 0.4) is 0 Å². The minimum Gasteiger partial charge on any atom is -0.507 e. The third-order valence-corrected chi connectivity index (χ3v) is 3.05. The van der Waals surface area contributed by atoms with Crippen molar-refractivity contribution in [1.29, 1.82) is 0 Å². The molecular weight excluding hydrogens is 326 g/mol. The zero-order chi connectivity index (χ0) is 20.2. The molecule has 1 atom stereocenters. The standard InChI is InChI=1S/C17H24N2O2.C2H7N.C2H6/c1-2-3-12-19-13-14-6-4-7-15(11-10-14)16(20)8-5-9-17(18)21;1-3-2;1-2/h4-11,14,19-20H,2-3,12-13H2,1H3,(H2,18,21);3H,1-2H3;1-2H3/b9-5+,16-8-;;. The quantitative estimate of drug-likeness (QED) is 0.230. The summed E-state index contributed by atoms with van der Waals surface area (Å²) >= 11 is 0. The van der Waals surface area contributed by atoms with Crippen molar-refractivity contribution in [3.63, 3.8) is 0 Å². The maximum absolute atomic E-state index is 10.6. The molecule has 5 heteroatoms. The smallest absolute Gasteiger partial charge is 0.241 e. The van der Waals surface area contributed by atoms with Crippen LogP contribution in [0.2, 0.25) is 0 Å². The van der Waals surface area contributed by atoms with Gasteiger partial charge in [0.15, 0.2) is 0 Å². The molecule has 0 aromatic carbocycles. The molecule has 5 nitrogen and oxygen atoms in total. The number of hydrogen-bond acceptors (Lipinski definition) is 4. The minimum absolute atomic E-state index is 0.105. The normalized spacial score (nSPS) is 16.1. The molecule has 0 saturated heterocycles. The van der Waals surface area contributed by atoms with E-state index in [1.165, 1.54) is 31.1 Å². The molecule has 0 aromatic heterocycles. The van der Waals surface area contributed by atoms with Gasteiger partial charge in [-0.15, -0.1) is 0 Å². The summed E-state index contributed by atoms with van der Waals surface area (Å²) in [6.45, 7) is 8.09. The van der Waals surface area contributed by atoms with Crippen LogP contribution in [0, 0.1) is 5.92 Å². The number of aliphatic hydroxyl groups excluding tert-OH is 1. The van der Waals surface area contributed by atoms with Crippen molar-refractivity contribution in [3.8, 4) is 0 Å². The molecule has 0 aliphatic heterocycles. The average molecular weight is 364 g/mol. The Labute approximate surface area is 159 Å². The number of amides is 1. The molecule has 0 fully saturated rings. The molecule has 1 aliphatic carbocycles. The molecule has 1 aliphatic rings. The zero-order valence-electron chi connectivity index (χ0n) is 17.0. The van der Waals surface area contributed by atoms with Gasteiger partial charge in [0.1, 0.15) is 5.76 Å². The van der Waals surface area contributed by atoms with Gasteiger partial charge in [-0.1, -0.05) is 63.6 Å². The minimum atomic E-state index is -0.539. The van der Waals surface area contributed by atoms with Crippen LogP contribution < -0.4 is 16.4 Å². The van der Waals surface area contributed by atoms with E-state index in [1.54, 1.807) is 0 Å². The van der Waals surface area contributed by atoms with Crippen LogP contribution in [0.4, 0.5) is 0 Å². The van der Waals surface area contributed by atoms with E-state index >= 15 is 0 Å². The molecule has 1 unspecified atom stereocenters. The lowest BCUT2D eigenvalue weighted by molar-refractivity contribution is -0.113. The Morgan fingerprint density at radius 1 is 1.31 bits per heavy atom. The number of hydrogen-bond donors (Lipinski definition) is 4. The van der Waals surface area contributed by atoms with Gasteiger partial charge in [-0.2, -0.15) is 0 Å². The SMILES string of the molecule is CC.CCCCNCC1C=CC=C(/C(O)=C/C=C/C(N)=O)C=C1.CNC. The molecule has 5 N–H and O–H groups in total. The van der Waals surface area contributed by atoms with Crippen molar-refractivity contribution in [2.75, 3.05) is 27.2 Å². The van der Waals surface area contributed by atoms with Crippen LogP contribution in [-0.2, 0) is 4.79 Å². The van der Waals surface area contributed by atoms with E-state index in [-0.39, 0.29) is 5.76 Å². The van der Waals surface area contributed by atoms with E-state index in [0.29, 0.717) is 11.5 Å². The van der Waals surface area contributed by atoms with E-state index < -0.39 is 5.91 Å². The average Bonchev–Trinajstić information content (AvgIpc) is 2.86. The maximum atomic E-state index is 10.6. The highest BCUT2D eigenvalue weighted by atomic mass is 16.3. The van der Waals surface area contributed by atoms with E-state index in [0.717, 1.165) is 13.1 Å². The number of nitrogens with one attached hydrogen (secondary N) is 2. The monoisotopic (exact) mass is 363 g/mol. The molecule has 1 amide bonds. The molecule has 0 bridgehead atoms. The van der Waals surface area contributed by atoms with Crippen molar-refractivity contribution in [1.82, 2.24) is 10.6 Å². The van der Waals surface area contributed by atoms with Crippen molar-refractivity contribution in [2.24, 2.45) is 11.7 Å². The lowest BCUT2D eigenvalue weighted by Crippen LogP contribution is -2.21. The van der Waals surface area contributed by atoms with Crippen LogP contribution in [0.1, 0.15) is 33.6 Å². The number of unbranched alkanes of at least 4 members (excludes halogenated alkanes) is 1. The van der Waals surface area contributed by atoms with Gasteiger partial charge in [0, 0.05) is 24.1 Å². The first-order valence-corrected chi connectivity index (χ1v) is 9.28. The second kappa shape index (κ2) is 19.2. The molecule has 0 heterocycles. The lowest BCUT2D eigenvalue weighted by Gasteiger charge is -2.08. The lowest BCUT2D eigenvalue weighted by atomic mass is 10.1. The molecule has 148 valence electrons. The van der Waals surface area contributed by atoms with Crippen molar-refractivity contribution in [3.05, 3.63) is 59.9 Å². The molecule has 0 spiro atoms. The molecule has 0 saturated carbocycles. The first-order chi connectivity index (χ1) is 12.5. The highest BCUT2D eigenvalue weighted by molar-refractivity contribution is 5.86. The fourth-order valence-corrected chi connectivity index (χ4v) is 1.86. The van der Waals surface area contributed by atoms with Crippen LogP contribution in [-0.4, -0.2) is 38.2 Å². The Hall–Kier alpha value is -2.11. The Bertz CT molecular complexity index is 503. The summed E-state index contributed by atoms with van der Waals surface area (Å²) < 4.78 is 0. The van der Waals surface area contributed by atoms with Gasteiger partial charge in [-0.05, 0) is 33.1 Å². The van der Waals surface area contributed by atoms with E-state index in [2.05, 4.69) is 29.7 Å². The second-order valence-corrected chi connectivity index (χ2v) is 5.40. The first kappa shape index (κ1) is 26.1. The van der Waals surface area contributed by atoms with E-state index in [4.69, 9.17) is 5.73 Å². The van der Waals surface area contributed by atoms with Gasteiger partial charge in [0.2, 0.25) is 5.91 Å². The summed E-state index contributed by atoms with van der Waals surface area (Å²) in [6, 6.07) is 0. The van der Waals surface area contributed by atoms with Crippen LogP contribution in [0.5, 0.6) is 0 Å². The number of allylic oxidation sites excluding steroid dienone is 5. The van der Waals surface area contributed by atoms with E-state index in [1.807, 2.05) is 46.2 Å². The summed E-state index contributed by atoms with van der Waals surface area (Å²) in [5.74, 6) is -0.125. The summed E-state index contributed by atoms with van der Waals surface area (Å²) in [7, 11) is 3.75. The highest BCUT2D eigenvalue weighted by Gasteiger charge is 2.05. The van der Waals surface area contributed by atoms with Gasteiger partial charge < -0.3 is 21.5 Å². The molecule has 0 aromatic rings. The molecule has 1 rings (SSSR count). The fraction of sp³-hybridized carbons (Fsp3) is 0.476. The third kappa shape index (κ3) is 15.4. The topological polar surface area (TPSA) is 87.4 Å². The largest absolute Gasteiger partial charge is 0.507 e. The summed E-state index contributed by atoms with van der Waals surface area (Å²) in [5.41, 5.74) is 5.69. The zero-order valence-corrected chi connectivity index (χ0v) is 17.0. The number of rotatable bonds is 8. The third-order valence-electron chi connectivity index (χ3n) is 3.05. The van der Waals surface area contributed by atoms with Gasteiger partial charge >= 0.3 is 0 Å². The first-order valence-electron chi connectivity index (χ1n) is 9.28. The van der Waals surface area contributed by atoms with Crippen LogP contribution >= 0.6 is 0 Å². The maximum Gasteiger partial charge on any atom is 0.241 e. The van der Waals surface area contributed by atoms with Crippen LogP contribution in [0.15, 0.2) is 59.9 Å². The summed E-state index contributed by atoms with van der Waals surface area (Å²) in [4.78, 5) is 10.6. The number of nitrogens with two attached hydrogens (primary N) is 1. The van der Waals surface area contributed by atoms with Gasteiger partial charge in [-0.3, -0.25) is 4.79 Å². The van der Waals surface area contributed by atoms with Crippen molar-refractivity contribution in [2.45, 2.75) is 33.6 Å². The predicted molar refractivity (Wildman–Crippen MR) is 113 cm³/mol.